The largest absolute Gasteiger partial charge is 0.497 e. The summed E-state index contributed by atoms with van der Waals surface area (Å²) in [5, 5.41) is 19.9. The number of benzene rings is 1. The summed E-state index contributed by atoms with van der Waals surface area (Å²) < 4.78 is 5.11. The van der Waals surface area contributed by atoms with Gasteiger partial charge in [-0.3, -0.25) is 0 Å². The van der Waals surface area contributed by atoms with Crippen LogP contribution in [0.2, 0.25) is 0 Å². The Labute approximate surface area is 95.7 Å². The van der Waals surface area contributed by atoms with E-state index >= 15 is 0 Å². The van der Waals surface area contributed by atoms with E-state index in [2.05, 4.69) is 0 Å². The van der Waals surface area contributed by atoms with Gasteiger partial charge >= 0.3 is 0 Å². The summed E-state index contributed by atoms with van der Waals surface area (Å²) in [4.78, 5) is 0. The molecule has 0 amide bonds. The highest BCUT2D eigenvalue weighted by molar-refractivity contribution is 5.36. The molecule has 0 radical (unpaired) electrons. The molecule has 0 spiro atoms. The number of methoxy groups -OCH3 is 1. The number of hydrogen-bond acceptors (Lipinski definition) is 3. The van der Waals surface area contributed by atoms with Crippen LogP contribution in [0, 0.1) is 12.8 Å². The number of rotatable bonds is 4. The molecule has 2 atom stereocenters. The molecular weight excluding hydrogens is 204 g/mol. The van der Waals surface area contributed by atoms with Crippen molar-refractivity contribution in [3.63, 3.8) is 0 Å². The first-order valence-electron chi connectivity index (χ1n) is 5.64. The van der Waals surface area contributed by atoms with E-state index in [9.17, 15) is 10.2 Å². The first kappa shape index (κ1) is 11.4. The smallest absolute Gasteiger partial charge is 0.119 e. The Bertz CT molecular complexity index is 371. The van der Waals surface area contributed by atoms with E-state index in [1.807, 2.05) is 25.1 Å². The van der Waals surface area contributed by atoms with E-state index in [0.29, 0.717) is 0 Å². The van der Waals surface area contributed by atoms with Crippen LogP contribution in [0.1, 0.15) is 30.1 Å². The van der Waals surface area contributed by atoms with Gasteiger partial charge in [-0.2, -0.15) is 0 Å². The van der Waals surface area contributed by atoms with Gasteiger partial charge in [0.25, 0.3) is 0 Å². The van der Waals surface area contributed by atoms with Crippen molar-refractivity contribution in [1.29, 1.82) is 0 Å². The second-order valence-corrected chi connectivity index (χ2v) is 4.50. The van der Waals surface area contributed by atoms with Gasteiger partial charge in [0.2, 0.25) is 0 Å². The molecule has 1 aromatic carbocycles. The van der Waals surface area contributed by atoms with Crippen molar-refractivity contribution in [2.24, 2.45) is 5.92 Å². The number of aliphatic hydroxyl groups is 2. The molecule has 0 saturated heterocycles. The van der Waals surface area contributed by atoms with E-state index in [4.69, 9.17) is 4.74 Å². The predicted molar refractivity (Wildman–Crippen MR) is 61.4 cm³/mol. The summed E-state index contributed by atoms with van der Waals surface area (Å²) in [6, 6.07) is 5.51. The third-order valence-corrected chi connectivity index (χ3v) is 3.22. The predicted octanol–water partition coefficient (Wildman–Crippen LogP) is 1.81. The molecule has 1 fully saturated rings. The Morgan fingerprint density at radius 3 is 2.50 bits per heavy atom. The summed E-state index contributed by atoms with van der Waals surface area (Å²) >= 11 is 0. The van der Waals surface area contributed by atoms with Crippen LogP contribution in [0.25, 0.3) is 0 Å². The molecule has 2 unspecified atom stereocenters. The van der Waals surface area contributed by atoms with Gasteiger partial charge in [-0.1, -0.05) is 6.07 Å². The van der Waals surface area contributed by atoms with E-state index in [0.717, 1.165) is 29.7 Å². The SMILES string of the molecule is COc1ccc(C(O)C(O)C2CC2)c(C)c1. The van der Waals surface area contributed by atoms with Crippen molar-refractivity contribution < 1.29 is 14.9 Å². The molecule has 16 heavy (non-hydrogen) atoms. The van der Waals surface area contributed by atoms with Gasteiger partial charge in [-0.15, -0.1) is 0 Å². The molecule has 2 rings (SSSR count). The highest BCUT2D eigenvalue weighted by Crippen LogP contribution is 2.38. The molecule has 0 heterocycles. The van der Waals surface area contributed by atoms with E-state index in [1.54, 1.807) is 7.11 Å². The molecule has 3 nitrogen and oxygen atoms in total. The monoisotopic (exact) mass is 222 g/mol. The highest BCUT2D eigenvalue weighted by atomic mass is 16.5. The van der Waals surface area contributed by atoms with Crippen molar-refractivity contribution >= 4 is 0 Å². The topological polar surface area (TPSA) is 49.7 Å². The Morgan fingerprint density at radius 1 is 1.31 bits per heavy atom. The number of ether oxygens (including phenoxy) is 1. The zero-order chi connectivity index (χ0) is 11.7. The molecule has 1 aromatic rings. The zero-order valence-corrected chi connectivity index (χ0v) is 9.68. The summed E-state index contributed by atoms with van der Waals surface area (Å²) in [6.45, 7) is 1.92. The number of aryl methyl sites for hydroxylation is 1. The maximum atomic E-state index is 10.1. The second-order valence-electron chi connectivity index (χ2n) is 4.50. The summed E-state index contributed by atoms with van der Waals surface area (Å²) in [7, 11) is 1.61. The van der Waals surface area contributed by atoms with Crippen molar-refractivity contribution in [2.75, 3.05) is 7.11 Å². The number of aliphatic hydroxyl groups excluding tert-OH is 2. The van der Waals surface area contributed by atoms with Crippen LogP contribution >= 0.6 is 0 Å². The van der Waals surface area contributed by atoms with Crippen LogP contribution in [0.15, 0.2) is 18.2 Å². The standard InChI is InChI=1S/C13H18O3/c1-8-7-10(16-2)5-6-11(8)13(15)12(14)9-3-4-9/h5-7,9,12-15H,3-4H2,1-2H3. The van der Waals surface area contributed by atoms with Gasteiger partial charge in [-0.05, 0) is 48.9 Å². The molecule has 0 aromatic heterocycles. The van der Waals surface area contributed by atoms with Crippen LogP contribution < -0.4 is 4.74 Å². The normalized spacial score (nSPS) is 19.2. The van der Waals surface area contributed by atoms with E-state index in [1.165, 1.54) is 0 Å². The maximum absolute atomic E-state index is 10.1. The van der Waals surface area contributed by atoms with Gasteiger partial charge in [0, 0.05) is 0 Å². The van der Waals surface area contributed by atoms with Crippen molar-refractivity contribution in [2.45, 2.75) is 32.0 Å². The fourth-order valence-electron chi connectivity index (χ4n) is 1.99. The Kier molecular flexibility index (Phi) is 3.17. The van der Waals surface area contributed by atoms with Crippen molar-refractivity contribution in [3.05, 3.63) is 29.3 Å². The molecule has 1 saturated carbocycles. The molecule has 88 valence electrons. The first-order valence-corrected chi connectivity index (χ1v) is 5.64. The van der Waals surface area contributed by atoms with Crippen LogP contribution in [-0.4, -0.2) is 23.4 Å². The highest BCUT2D eigenvalue weighted by Gasteiger charge is 2.35. The average molecular weight is 222 g/mol. The maximum Gasteiger partial charge on any atom is 0.119 e. The Morgan fingerprint density at radius 2 is 2.00 bits per heavy atom. The number of hydrogen-bond donors (Lipinski definition) is 2. The van der Waals surface area contributed by atoms with Gasteiger partial charge in [0.1, 0.15) is 11.9 Å². The molecule has 1 aliphatic rings. The fraction of sp³-hybridized carbons (Fsp3) is 0.538. The van der Waals surface area contributed by atoms with Crippen LogP contribution in [0.4, 0.5) is 0 Å². The summed E-state index contributed by atoms with van der Waals surface area (Å²) in [5.74, 6) is 1.05. The first-order chi connectivity index (χ1) is 7.63. The van der Waals surface area contributed by atoms with E-state index < -0.39 is 12.2 Å². The minimum absolute atomic E-state index is 0.275. The lowest BCUT2D eigenvalue weighted by Crippen LogP contribution is -2.21. The molecule has 1 aliphatic carbocycles. The van der Waals surface area contributed by atoms with Crippen LogP contribution in [-0.2, 0) is 0 Å². The van der Waals surface area contributed by atoms with Gasteiger partial charge < -0.3 is 14.9 Å². The lowest BCUT2D eigenvalue weighted by Gasteiger charge is -2.19. The molecule has 3 heteroatoms. The lowest BCUT2D eigenvalue weighted by atomic mass is 9.97. The molecule has 0 bridgehead atoms. The third-order valence-electron chi connectivity index (χ3n) is 3.22. The fourth-order valence-corrected chi connectivity index (χ4v) is 1.99. The van der Waals surface area contributed by atoms with Gasteiger partial charge in [-0.25, -0.2) is 0 Å². The zero-order valence-electron chi connectivity index (χ0n) is 9.68. The minimum atomic E-state index is -0.779. The molecule has 2 N–H and O–H groups in total. The van der Waals surface area contributed by atoms with Gasteiger partial charge in [0.05, 0.1) is 13.2 Å². The third kappa shape index (κ3) is 2.20. The second kappa shape index (κ2) is 4.44. The Balaban J connectivity index is 2.18. The van der Waals surface area contributed by atoms with Crippen molar-refractivity contribution in [3.8, 4) is 5.75 Å². The molecular formula is C13H18O3. The minimum Gasteiger partial charge on any atom is -0.497 e. The van der Waals surface area contributed by atoms with Crippen LogP contribution in [0.5, 0.6) is 5.75 Å². The van der Waals surface area contributed by atoms with Crippen molar-refractivity contribution in [1.82, 2.24) is 0 Å². The average Bonchev–Trinajstić information content (AvgIpc) is 3.10. The summed E-state index contributed by atoms with van der Waals surface area (Å²) in [6.07, 6.45) is 0.631. The summed E-state index contributed by atoms with van der Waals surface area (Å²) in [5.41, 5.74) is 1.74. The van der Waals surface area contributed by atoms with Gasteiger partial charge in [0.15, 0.2) is 0 Å². The lowest BCUT2D eigenvalue weighted by molar-refractivity contribution is 0.00448. The van der Waals surface area contributed by atoms with E-state index in [-0.39, 0.29) is 5.92 Å². The van der Waals surface area contributed by atoms with Crippen LogP contribution in [0.3, 0.4) is 0 Å². The Hall–Kier alpha value is -1.06. The quantitative estimate of drug-likeness (QED) is 0.816. The molecule has 0 aliphatic heterocycles.